The van der Waals surface area contributed by atoms with Gasteiger partial charge in [-0.3, -0.25) is 4.79 Å². The Morgan fingerprint density at radius 1 is 1.10 bits per heavy atom. The number of hydrogen-bond donors (Lipinski definition) is 0. The minimum Gasteiger partial charge on any atom is -0.462 e. The van der Waals surface area contributed by atoms with Gasteiger partial charge in [-0.1, -0.05) is 12.8 Å². The van der Waals surface area contributed by atoms with Crippen molar-refractivity contribution in [1.82, 2.24) is 14.9 Å². The maximum Gasteiger partial charge on any atom is 0.348 e. The molecule has 2 aliphatic rings. The molecule has 0 unspecified atom stereocenters. The third-order valence-electron chi connectivity index (χ3n) is 6.23. The molecule has 0 spiro atoms. The number of piperidine rings is 1. The van der Waals surface area contributed by atoms with E-state index in [1.165, 1.54) is 24.2 Å². The average molecular weight is 431 g/mol. The number of hydrogen-bond acceptors (Lipinski definition) is 7. The number of thiophene rings is 1. The van der Waals surface area contributed by atoms with Crippen LogP contribution >= 0.6 is 11.3 Å². The average Bonchev–Trinajstić information content (AvgIpc) is 2.94. The quantitative estimate of drug-likeness (QED) is 0.687. The third-order valence-corrected chi connectivity index (χ3v) is 7.41. The van der Waals surface area contributed by atoms with Gasteiger partial charge in [-0.15, -0.1) is 11.3 Å². The van der Waals surface area contributed by atoms with Crippen molar-refractivity contribution in [2.75, 3.05) is 37.7 Å². The summed E-state index contributed by atoms with van der Waals surface area (Å²) < 4.78 is 5.20. The Balaban J connectivity index is 1.49. The van der Waals surface area contributed by atoms with Gasteiger partial charge in [0.15, 0.2) is 0 Å². The number of amides is 1. The van der Waals surface area contributed by atoms with E-state index in [1.807, 2.05) is 13.8 Å². The van der Waals surface area contributed by atoms with E-state index < -0.39 is 0 Å². The molecular weight excluding hydrogens is 400 g/mol. The van der Waals surface area contributed by atoms with Crippen molar-refractivity contribution in [1.29, 1.82) is 0 Å². The predicted molar refractivity (Wildman–Crippen MR) is 118 cm³/mol. The Kier molecular flexibility index (Phi) is 6.51. The molecule has 30 heavy (non-hydrogen) atoms. The van der Waals surface area contributed by atoms with Crippen LogP contribution in [0.15, 0.2) is 6.33 Å². The van der Waals surface area contributed by atoms with Crippen LogP contribution in [0.4, 0.5) is 5.82 Å². The molecule has 1 amide bonds. The predicted octanol–water partition coefficient (Wildman–Crippen LogP) is 3.80. The van der Waals surface area contributed by atoms with Crippen LogP contribution in [0.5, 0.6) is 0 Å². The molecule has 2 aromatic rings. The molecule has 0 saturated carbocycles. The zero-order valence-corrected chi connectivity index (χ0v) is 18.7. The molecule has 2 fully saturated rings. The SMILES string of the molecule is CCOC(=O)c1sc2ncnc(N3CCC(C(=O)N4CCCCCC4)CC3)c2c1C. The number of ether oxygens (including phenoxy) is 1. The first-order valence-electron chi connectivity index (χ1n) is 11.0. The molecule has 2 saturated heterocycles. The molecule has 162 valence electrons. The number of anilines is 1. The highest BCUT2D eigenvalue weighted by atomic mass is 32.1. The summed E-state index contributed by atoms with van der Waals surface area (Å²) in [7, 11) is 0. The molecule has 8 heteroatoms. The molecular formula is C22H30N4O3S. The van der Waals surface area contributed by atoms with Gasteiger partial charge < -0.3 is 14.5 Å². The molecule has 0 atom stereocenters. The smallest absolute Gasteiger partial charge is 0.348 e. The number of carbonyl (C=O) groups is 2. The van der Waals surface area contributed by atoms with Crippen LogP contribution in [0.2, 0.25) is 0 Å². The van der Waals surface area contributed by atoms with Crippen LogP contribution < -0.4 is 4.90 Å². The summed E-state index contributed by atoms with van der Waals surface area (Å²) in [6, 6.07) is 0. The van der Waals surface area contributed by atoms with E-state index in [9.17, 15) is 9.59 Å². The second-order valence-corrected chi connectivity index (χ2v) is 9.15. The number of carbonyl (C=O) groups excluding carboxylic acids is 2. The lowest BCUT2D eigenvalue weighted by Gasteiger charge is -2.35. The second kappa shape index (κ2) is 9.29. The van der Waals surface area contributed by atoms with Crippen molar-refractivity contribution in [3.63, 3.8) is 0 Å². The lowest BCUT2D eigenvalue weighted by atomic mass is 9.95. The minimum absolute atomic E-state index is 0.107. The van der Waals surface area contributed by atoms with E-state index in [1.54, 1.807) is 6.33 Å². The number of rotatable bonds is 4. The van der Waals surface area contributed by atoms with Crippen LogP contribution in [0.1, 0.15) is 60.7 Å². The first kappa shape index (κ1) is 21.0. The van der Waals surface area contributed by atoms with Gasteiger partial charge in [-0.05, 0) is 45.1 Å². The summed E-state index contributed by atoms with van der Waals surface area (Å²) in [6.07, 6.45) is 7.98. The van der Waals surface area contributed by atoms with Gasteiger partial charge in [0, 0.05) is 32.1 Å². The van der Waals surface area contributed by atoms with E-state index in [0.29, 0.717) is 17.4 Å². The van der Waals surface area contributed by atoms with E-state index in [2.05, 4.69) is 19.8 Å². The van der Waals surface area contributed by atoms with Crippen LogP contribution in [0.3, 0.4) is 0 Å². The highest BCUT2D eigenvalue weighted by Crippen LogP contribution is 2.36. The van der Waals surface area contributed by atoms with Gasteiger partial charge in [0.1, 0.15) is 21.9 Å². The molecule has 7 nitrogen and oxygen atoms in total. The lowest BCUT2D eigenvalue weighted by Crippen LogP contribution is -2.43. The van der Waals surface area contributed by atoms with Crippen LogP contribution in [-0.2, 0) is 9.53 Å². The zero-order chi connectivity index (χ0) is 21.1. The van der Waals surface area contributed by atoms with Crippen molar-refractivity contribution in [3.8, 4) is 0 Å². The maximum absolute atomic E-state index is 13.0. The fourth-order valence-electron chi connectivity index (χ4n) is 4.57. The fraction of sp³-hybridized carbons (Fsp3) is 0.636. The Hall–Kier alpha value is -2.22. The van der Waals surface area contributed by atoms with Crippen LogP contribution in [0, 0.1) is 12.8 Å². The summed E-state index contributed by atoms with van der Waals surface area (Å²) in [5.41, 5.74) is 0.881. The van der Waals surface area contributed by atoms with Gasteiger partial charge in [0.05, 0.1) is 12.0 Å². The lowest BCUT2D eigenvalue weighted by molar-refractivity contribution is -0.136. The van der Waals surface area contributed by atoms with Crippen LogP contribution in [0.25, 0.3) is 10.2 Å². The molecule has 2 aliphatic heterocycles. The Morgan fingerprint density at radius 3 is 2.47 bits per heavy atom. The van der Waals surface area contributed by atoms with E-state index >= 15 is 0 Å². The second-order valence-electron chi connectivity index (χ2n) is 8.15. The minimum atomic E-state index is -0.300. The maximum atomic E-state index is 13.0. The summed E-state index contributed by atoms with van der Waals surface area (Å²) >= 11 is 1.36. The first-order chi connectivity index (χ1) is 14.6. The van der Waals surface area contributed by atoms with Crippen molar-refractivity contribution in [2.24, 2.45) is 5.92 Å². The summed E-state index contributed by atoms with van der Waals surface area (Å²) in [4.78, 5) is 40.0. The highest BCUT2D eigenvalue weighted by Gasteiger charge is 2.31. The van der Waals surface area contributed by atoms with Crippen molar-refractivity contribution in [2.45, 2.75) is 52.4 Å². The summed E-state index contributed by atoms with van der Waals surface area (Å²) in [5.74, 6) is 1.01. The highest BCUT2D eigenvalue weighted by molar-refractivity contribution is 7.20. The Morgan fingerprint density at radius 2 is 1.80 bits per heavy atom. The number of likely N-dealkylation sites (tertiary alicyclic amines) is 1. The number of fused-ring (bicyclic) bond motifs is 1. The number of esters is 1. The molecule has 0 N–H and O–H groups in total. The molecule has 2 aromatic heterocycles. The number of aromatic nitrogens is 2. The van der Waals surface area contributed by atoms with Gasteiger partial charge in [0.25, 0.3) is 0 Å². The van der Waals surface area contributed by atoms with E-state index in [0.717, 1.165) is 73.5 Å². The molecule has 4 heterocycles. The summed E-state index contributed by atoms with van der Waals surface area (Å²) in [5, 5.41) is 0.933. The molecule has 0 aromatic carbocycles. The van der Waals surface area contributed by atoms with Gasteiger partial charge in [0.2, 0.25) is 5.91 Å². The van der Waals surface area contributed by atoms with Crippen LogP contribution in [-0.4, -0.2) is 59.5 Å². The summed E-state index contributed by atoms with van der Waals surface area (Å²) in [6.45, 7) is 7.51. The molecule has 0 radical (unpaired) electrons. The normalized spacial score (nSPS) is 18.5. The fourth-order valence-corrected chi connectivity index (χ4v) is 5.61. The largest absolute Gasteiger partial charge is 0.462 e. The number of aryl methyl sites for hydroxylation is 1. The molecule has 4 rings (SSSR count). The van der Waals surface area contributed by atoms with Crippen molar-refractivity contribution >= 4 is 39.2 Å². The molecule has 0 aliphatic carbocycles. The zero-order valence-electron chi connectivity index (χ0n) is 17.9. The van der Waals surface area contributed by atoms with Gasteiger partial charge in [-0.25, -0.2) is 14.8 Å². The number of nitrogens with zero attached hydrogens (tertiary/aromatic N) is 4. The van der Waals surface area contributed by atoms with Crippen molar-refractivity contribution < 1.29 is 14.3 Å². The van der Waals surface area contributed by atoms with E-state index in [4.69, 9.17) is 4.74 Å². The topological polar surface area (TPSA) is 75.6 Å². The van der Waals surface area contributed by atoms with E-state index in [-0.39, 0.29) is 11.9 Å². The Bertz CT molecular complexity index is 912. The van der Waals surface area contributed by atoms with Crippen molar-refractivity contribution in [3.05, 3.63) is 16.8 Å². The molecule has 0 bridgehead atoms. The van der Waals surface area contributed by atoms with Gasteiger partial charge in [-0.2, -0.15) is 0 Å². The standard InChI is InChI=1S/C22H30N4O3S/c1-3-29-22(28)18-15(2)17-19(23-14-24-20(17)30-18)25-12-8-16(9-13-25)21(27)26-10-6-4-5-7-11-26/h14,16H,3-13H2,1-2H3. The first-order valence-corrected chi connectivity index (χ1v) is 11.9. The third kappa shape index (κ3) is 4.15. The van der Waals surface area contributed by atoms with Gasteiger partial charge >= 0.3 is 5.97 Å². The Labute approximate surface area is 181 Å². The monoisotopic (exact) mass is 430 g/mol.